The largest absolute Gasteiger partial charge is 0.295 e. The molecule has 1 heteroatoms. The highest BCUT2D eigenvalue weighted by Gasteiger charge is 1.99. The zero-order valence-corrected chi connectivity index (χ0v) is 12.1. The fourth-order valence-corrected chi connectivity index (χ4v) is 1.98. The summed E-state index contributed by atoms with van der Waals surface area (Å²) in [6, 6.07) is 0. The Labute approximate surface area is 108 Å². The minimum atomic E-state index is 0.328. The Balaban J connectivity index is 3.59. The topological polar surface area (TPSA) is 17.1 Å². The van der Waals surface area contributed by atoms with Crippen LogP contribution in [0.25, 0.3) is 0 Å². The summed E-state index contributed by atoms with van der Waals surface area (Å²) in [5, 5.41) is 0. The van der Waals surface area contributed by atoms with Gasteiger partial charge in [-0.05, 0) is 32.3 Å². The molecule has 0 aromatic rings. The van der Waals surface area contributed by atoms with Gasteiger partial charge in [0, 0.05) is 6.42 Å². The van der Waals surface area contributed by atoms with E-state index in [1.165, 1.54) is 50.5 Å². The molecule has 0 saturated heterocycles. The Morgan fingerprint density at radius 3 is 1.88 bits per heavy atom. The van der Waals surface area contributed by atoms with Crippen molar-refractivity contribution in [3.05, 3.63) is 11.6 Å². The van der Waals surface area contributed by atoms with Crippen LogP contribution in [0.2, 0.25) is 0 Å². The Hall–Kier alpha value is -0.590. The first-order valence-electron chi connectivity index (χ1n) is 7.40. The summed E-state index contributed by atoms with van der Waals surface area (Å²) in [4.78, 5) is 11.6. The van der Waals surface area contributed by atoms with Gasteiger partial charge in [-0.25, -0.2) is 0 Å². The van der Waals surface area contributed by atoms with E-state index in [0.29, 0.717) is 5.78 Å². The minimum Gasteiger partial charge on any atom is -0.295 e. The molecule has 0 bridgehead atoms. The van der Waals surface area contributed by atoms with Gasteiger partial charge in [0.1, 0.15) is 0 Å². The van der Waals surface area contributed by atoms with E-state index in [-0.39, 0.29) is 0 Å². The molecular formula is C16H30O. The van der Waals surface area contributed by atoms with Gasteiger partial charge in [-0.2, -0.15) is 0 Å². The van der Waals surface area contributed by atoms with Gasteiger partial charge in [-0.3, -0.25) is 4.79 Å². The second kappa shape index (κ2) is 11.9. The van der Waals surface area contributed by atoms with Gasteiger partial charge in [0.15, 0.2) is 5.78 Å². The molecule has 0 rings (SSSR count). The second-order valence-corrected chi connectivity index (χ2v) is 5.08. The zero-order valence-electron chi connectivity index (χ0n) is 12.1. The van der Waals surface area contributed by atoms with Crippen LogP contribution in [0, 0.1) is 0 Å². The van der Waals surface area contributed by atoms with E-state index in [1.54, 1.807) is 0 Å². The van der Waals surface area contributed by atoms with Crippen molar-refractivity contribution in [3.63, 3.8) is 0 Å². The van der Waals surface area contributed by atoms with Gasteiger partial charge in [-0.1, -0.05) is 57.9 Å². The summed E-state index contributed by atoms with van der Waals surface area (Å²) in [6.45, 7) is 6.51. The second-order valence-electron chi connectivity index (χ2n) is 5.08. The first-order valence-corrected chi connectivity index (χ1v) is 7.40. The van der Waals surface area contributed by atoms with Crippen LogP contribution in [0.1, 0.15) is 85.0 Å². The first-order chi connectivity index (χ1) is 8.20. The summed E-state index contributed by atoms with van der Waals surface area (Å²) in [5.74, 6) is 0.328. The Morgan fingerprint density at radius 1 is 0.824 bits per heavy atom. The molecule has 0 aliphatic carbocycles. The monoisotopic (exact) mass is 238 g/mol. The number of ketones is 1. The third-order valence-corrected chi connectivity index (χ3v) is 3.11. The highest BCUT2D eigenvalue weighted by atomic mass is 16.1. The van der Waals surface area contributed by atoms with Gasteiger partial charge < -0.3 is 0 Å². The Bertz CT molecular complexity index is 216. The van der Waals surface area contributed by atoms with Gasteiger partial charge in [0.2, 0.25) is 0 Å². The predicted molar refractivity (Wildman–Crippen MR) is 76.3 cm³/mol. The number of rotatable bonds is 11. The molecule has 0 radical (unpaired) electrons. The molecule has 17 heavy (non-hydrogen) atoms. The lowest BCUT2D eigenvalue weighted by molar-refractivity contribution is -0.114. The number of unbranched alkanes of at least 4 members (excludes halogenated alkanes) is 6. The molecule has 0 aromatic carbocycles. The van der Waals surface area contributed by atoms with Crippen LogP contribution in [-0.2, 0) is 4.79 Å². The van der Waals surface area contributed by atoms with Crippen molar-refractivity contribution in [3.8, 4) is 0 Å². The fourth-order valence-electron chi connectivity index (χ4n) is 1.98. The molecule has 0 N–H and O–H groups in total. The number of hydrogen-bond donors (Lipinski definition) is 0. The Morgan fingerprint density at radius 2 is 1.35 bits per heavy atom. The van der Waals surface area contributed by atoms with E-state index in [4.69, 9.17) is 0 Å². The van der Waals surface area contributed by atoms with Crippen molar-refractivity contribution < 1.29 is 4.79 Å². The predicted octanol–water partition coefficient (Wildman–Crippen LogP) is 5.44. The van der Waals surface area contributed by atoms with Crippen LogP contribution in [0.3, 0.4) is 0 Å². The van der Waals surface area contributed by atoms with Crippen molar-refractivity contribution >= 4 is 5.78 Å². The van der Waals surface area contributed by atoms with E-state index in [0.717, 1.165) is 19.3 Å². The molecule has 1 nitrogen and oxygen atoms in total. The lowest BCUT2D eigenvalue weighted by Gasteiger charge is -2.01. The van der Waals surface area contributed by atoms with Crippen molar-refractivity contribution in [1.82, 2.24) is 0 Å². The van der Waals surface area contributed by atoms with Crippen molar-refractivity contribution in [1.29, 1.82) is 0 Å². The Kier molecular flexibility index (Phi) is 11.5. The smallest absolute Gasteiger partial charge is 0.155 e. The van der Waals surface area contributed by atoms with Crippen molar-refractivity contribution in [2.75, 3.05) is 0 Å². The lowest BCUT2D eigenvalue weighted by Crippen LogP contribution is -1.94. The van der Waals surface area contributed by atoms with Crippen LogP contribution in [0.15, 0.2) is 11.6 Å². The van der Waals surface area contributed by atoms with E-state index < -0.39 is 0 Å². The lowest BCUT2D eigenvalue weighted by atomic mass is 10.0. The fraction of sp³-hybridized carbons (Fsp3) is 0.812. The SMILES string of the molecule is CCCCCCC(=O)/C=C(\C)CCCCCC. The molecular weight excluding hydrogens is 208 g/mol. The average molecular weight is 238 g/mol. The molecule has 0 spiro atoms. The van der Waals surface area contributed by atoms with Crippen LogP contribution < -0.4 is 0 Å². The third-order valence-electron chi connectivity index (χ3n) is 3.11. The molecule has 0 unspecified atom stereocenters. The summed E-state index contributed by atoms with van der Waals surface area (Å²) in [6.07, 6.45) is 13.6. The minimum absolute atomic E-state index is 0.328. The maximum Gasteiger partial charge on any atom is 0.155 e. The van der Waals surface area contributed by atoms with E-state index in [9.17, 15) is 4.79 Å². The maximum atomic E-state index is 11.6. The number of allylic oxidation sites excluding steroid dienone is 2. The van der Waals surface area contributed by atoms with Crippen LogP contribution >= 0.6 is 0 Å². The van der Waals surface area contributed by atoms with Crippen LogP contribution in [0.5, 0.6) is 0 Å². The highest BCUT2D eigenvalue weighted by Crippen LogP contribution is 2.11. The van der Waals surface area contributed by atoms with Gasteiger partial charge in [-0.15, -0.1) is 0 Å². The average Bonchev–Trinajstić information content (AvgIpc) is 2.30. The highest BCUT2D eigenvalue weighted by molar-refractivity contribution is 5.90. The molecule has 0 atom stereocenters. The van der Waals surface area contributed by atoms with Crippen LogP contribution in [-0.4, -0.2) is 5.78 Å². The molecule has 0 aromatic heterocycles. The standard InChI is InChI=1S/C16H30O/c1-4-6-8-10-12-15(3)14-16(17)13-11-9-7-5-2/h14H,4-13H2,1-3H3/b15-14+. The zero-order chi connectivity index (χ0) is 12.9. The maximum absolute atomic E-state index is 11.6. The van der Waals surface area contributed by atoms with Gasteiger partial charge in [0.05, 0.1) is 0 Å². The number of carbonyl (C=O) groups excluding carboxylic acids is 1. The molecule has 0 amide bonds. The van der Waals surface area contributed by atoms with Crippen molar-refractivity contribution in [2.45, 2.75) is 85.0 Å². The molecule has 0 saturated carbocycles. The summed E-state index contributed by atoms with van der Waals surface area (Å²) in [7, 11) is 0. The van der Waals surface area contributed by atoms with E-state index in [1.807, 2.05) is 6.08 Å². The normalized spacial score (nSPS) is 11.8. The van der Waals surface area contributed by atoms with Crippen molar-refractivity contribution in [2.24, 2.45) is 0 Å². The quantitative estimate of drug-likeness (QED) is 0.346. The van der Waals surface area contributed by atoms with E-state index >= 15 is 0 Å². The number of carbonyl (C=O) groups is 1. The summed E-state index contributed by atoms with van der Waals surface area (Å²) < 4.78 is 0. The molecule has 100 valence electrons. The molecule has 0 aliphatic heterocycles. The molecule has 0 fully saturated rings. The van der Waals surface area contributed by atoms with E-state index in [2.05, 4.69) is 20.8 Å². The summed E-state index contributed by atoms with van der Waals surface area (Å²) >= 11 is 0. The van der Waals surface area contributed by atoms with Crippen LogP contribution in [0.4, 0.5) is 0 Å². The third kappa shape index (κ3) is 11.7. The first kappa shape index (κ1) is 16.4. The molecule has 0 heterocycles. The summed E-state index contributed by atoms with van der Waals surface area (Å²) in [5.41, 5.74) is 1.27. The van der Waals surface area contributed by atoms with Gasteiger partial charge in [0.25, 0.3) is 0 Å². The number of hydrogen-bond acceptors (Lipinski definition) is 1. The van der Waals surface area contributed by atoms with Gasteiger partial charge >= 0.3 is 0 Å². The molecule has 0 aliphatic rings.